The Morgan fingerprint density at radius 2 is 2.00 bits per heavy atom. The van der Waals surface area contributed by atoms with Crippen LogP contribution in [0.3, 0.4) is 0 Å². The molecule has 2 rings (SSSR count). The summed E-state index contributed by atoms with van der Waals surface area (Å²) in [5.74, 6) is 2.53. The molecule has 0 spiro atoms. The minimum Gasteiger partial charge on any atom is -0.380 e. The molecule has 0 amide bonds. The fourth-order valence-electron chi connectivity index (χ4n) is 3.83. The minimum atomic E-state index is 0.702. The van der Waals surface area contributed by atoms with Crippen molar-refractivity contribution in [1.29, 1.82) is 0 Å². The minimum absolute atomic E-state index is 0.702. The number of nitrogens with one attached hydrogen (secondary N) is 1. The summed E-state index contributed by atoms with van der Waals surface area (Å²) in [6.07, 6.45) is 3.94. The van der Waals surface area contributed by atoms with Crippen LogP contribution in [0.15, 0.2) is 0 Å². The zero-order valence-electron chi connectivity index (χ0n) is 12.3. The molecule has 0 bridgehead atoms. The topological polar surface area (TPSA) is 24.5 Å². The van der Waals surface area contributed by atoms with Gasteiger partial charge in [0.2, 0.25) is 0 Å². The Bertz CT molecular complexity index is 239. The molecule has 0 radical (unpaired) electrons. The summed E-state index contributed by atoms with van der Waals surface area (Å²) in [6, 6.07) is 0.702. The van der Waals surface area contributed by atoms with E-state index in [-0.39, 0.29) is 0 Å². The van der Waals surface area contributed by atoms with Crippen molar-refractivity contribution < 1.29 is 4.74 Å². The Labute approximate surface area is 112 Å². The summed E-state index contributed by atoms with van der Waals surface area (Å²) in [6.45, 7) is 10.3. The molecule has 1 aliphatic heterocycles. The molecule has 3 heteroatoms. The zero-order valence-corrected chi connectivity index (χ0v) is 12.3. The standard InChI is InChI=1S/C15H30N2O/c1-12-9-13(2)14(15(10-12)16-3)11-17-5-4-7-18-8-6-17/h12-16H,4-11H2,1-3H3. The first kappa shape index (κ1) is 14.3. The number of rotatable bonds is 3. The van der Waals surface area contributed by atoms with Crippen molar-refractivity contribution in [2.24, 2.45) is 17.8 Å². The van der Waals surface area contributed by atoms with Crippen molar-refractivity contribution in [3.63, 3.8) is 0 Å². The third-order valence-corrected chi connectivity index (χ3v) is 4.83. The highest BCUT2D eigenvalue weighted by atomic mass is 16.5. The van der Waals surface area contributed by atoms with Gasteiger partial charge in [0.25, 0.3) is 0 Å². The van der Waals surface area contributed by atoms with E-state index in [2.05, 4.69) is 31.1 Å². The van der Waals surface area contributed by atoms with E-state index < -0.39 is 0 Å². The number of ether oxygens (including phenoxy) is 1. The molecule has 1 heterocycles. The van der Waals surface area contributed by atoms with Gasteiger partial charge in [-0.15, -0.1) is 0 Å². The van der Waals surface area contributed by atoms with Gasteiger partial charge >= 0.3 is 0 Å². The van der Waals surface area contributed by atoms with Crippen LogP contribution in [0.1, 0.15) is 33.1 Å². The van der Waals surface area contributed by atoms with Gasteiger partial charge in [-0.2, -0.15) is 0 Å². The van der Waals surface area contributed by atoms with E-state index in [1.807, 2.05) is 0 Å². The Morgan fingerprint density at radius 1 is 1.17 bits per heavy atom. The number of nitrogens with zero attached hydrogens (tertiary/aromatic N) is 1. The second-order valence-corrected chi connectivity index (χ2v) is 6.38. The molecule has 1 saturated heterocycles. The lowest BCUT2D eigenvalue weighted by atomic mass is 9.72. The lowest BCUT2D eigenvalue weighted by Crippen LogP contribution is -2.48. The maximum atomic E-state index is 5.55. The third kappa shape index (κ3) is 3.69. The smallest absolute Gasteiger partial charge is 0.0593 e. The molecule has 1 saturated carbocycles. The Hall–Kier alpha value is -0.120. The highest BCUT2D eigenvalue weighted by molar-refractivity contribution is 4.88. The van der Waals surface area contributed by atoms with Crippen LogP contribution < -0.4 is 5.32 Å². The fourth-order valence-corrected chi connectivity index (χ4v) is 3.83. The Morgan fingerprint density at radius 3 is 2.78 bits per heavy atom. The van der Waals surface area contributed by atoms with E-state index >= 15 is 0 Å². The summed E-state index contributed by atoms with van der Waals surface area (Å²) in [5.41, 5.74) is 0. The van der Waals surface area contributed by atoms with Crippen LogP contribution >= 0.6 is 0 Å². The van der Waals surface area contributed by atoms with E-state index in [0.717, 1.165) is 37.5 Å². The predicted octanol–water partition coefficient (Wildman–Crippen LogP) is 1.98. The van der Waals surface area contributed by atoms with Crippen LogP contribution in [0.5, 0.6) is 0 Å². The molecule has 0 aromatic heterocycles. The molecule has 3 nitrogen and oxygen atoms in total. The van der Waals surface area contributed by atoms with Crippen molar-refractivity contribution in [1.82, 2.24) is 10.2 Å². The van der Waals surface area contributed by atoms with Gasteiger partial charge in [-0.1, -0.05) is 13.8 Å². The van der Waals surface area contributed by atoms with Gasteiger partial charge in [-0.05, 0) is 44.1 Å². The maximum absolute atomic E-state index is 5.55. The van der Waals surface area contributed by atoms with E-state index in [4.69, 9.17) is 4.74 Å². The quantitative estimate of drug-likeness (QED) is 0.833. The Kier molecular flexibility index (Phi) is 5.46. The zero-order chi connectivity index (χ0) is 13.0. The van der Waals surface area contributed by atoms with Crippen molar-refractivity contribution >= 4 is 0 Å². The first-order valence-electron chi connectivity index (χ1n) is 7.68. The lowest BCUT2D eigenvalue weighted by Gasteiger charge is -2.41. The average Bonchev–Trinajstić information content (AvgIpc) is 2.60. The molecular formula is C15H30N2O. The first-order chi connectivity index (χ1) is 8.70. The van der Waals surface area contributed by atoms with Crippen molar-refractivity contribution in [3.8, 4) is 0 Å². The van der Waals surface area contributed by atoms with Gasteiger partial charge in [-0.25, -0.2) is 0 Å². The van der Waals surface area contributed by atoms with Gasteiger partial charge in [0.05, 0.1) is 6.61 Å². The molecule has 4 atom stereocenters. The molecule has 2 fully saturated rings. The summed E-state index contributed by atoms with van der Waals surface area (Å²) >= 11 is 0. The molecule has 2 aliphatic rings. The summed E-state index contributed by atoms with van der Waals surface area (Å²) in [5, 5.41) is 3.56. The second kappa shape index (κ2) is 6.88. The fraction of sp³-hybridized carbons (Fsp3) is 1.00. The van der Waals surface area contributed by atoms with E-state index in [1.165, 1.54) is 32.4 Å². The van der Waals surface area contributed by atoms with E-state index in [9.17, 15) is 0 Å². The summed E-state index contributed by atoms with van der Waals surface area (Å²) in [7, 11) is 2.13. The molecule has 18 heavy (non-hydrogen) atoms. The first-order valence-corrected chi connectivity index (χ1v) is 7.68. The molecule has 106 valence electrons. The predicted molar refractivity (Wildman–Crippen MR) is 75.8 cm³/mol. The van der Waals surface area contributed by atoms with Crippen molar-refractivity contribution in [2.75, 3.05) is 39.9 Å². The van der Waals surface area contributed by atoms with Gasteiger partial charge in [-0.3, -0.25) is 0 Å². The van der Waals surface area contributed by atoms with Crippen LogP contribution in [0.25, 0.3) is 0 Å². The van der Waals surface area contributed by atoms with Gasteiger partial charge < -0.3 is 15.0 Å². The van der Waals surface area contributed by atoms with E-state index in [0.29, 0.717) is 6.04 Å². The van der Waals surface area contributed by atoms with Crippen molar-refractivity contribution in [3.05, 3.63) is 0 Å². The van der Waals surface area contributed by atoms with Crippen LogP contribution in [-0.2, 0) is 4.74 Å². The normalized spacial score (nSPS) is 39.5. The lowest BCUT2D eigenvalue weighted by molar-refractivity contribution is 0.0975. The van der Waals surface area contributed by atoms with Gasteiger partial charge in [0.15, 0.2) is 0 Å². The van der Waals surface area contributed by atoms with Crippen molar-refractivity contribution in [2.45, 2.75) is 39.2 Å². The molecule has 4 unspecified atom stereocenters. The second-order valence-electron chi connectivity index (χ2n) is 6.38. The van der Waals surface area contributed by atoms with Crippen LogP contribution in [-0.4, -0.2) is 50.8 Å². The maximum Gasteiger partial charge on any atom is 0.0593 e. The molecule has 1 N–H and O–H groups in total. The summed E-state index contributed by atoms with van der Waals surface area (Å²) < 4.78 is 5.55. The SMILES string of the molecule is CNC1CC(C)CC(C)C1CN1CCCOCC1. The average molecular weight is 254 g/mol. The highest BCUT2D eigenvalue weighted by Crippen LogP contribution is 2.34. The summed E-state index contributed by atoms with van der Waals surface area (Å²) in [4.78, 5) is 2.62. The third-order valence-electron chi connectivity index (χ3n) is 4.83. The Balaban J connectivity index is 1.92. The molecular weight excluding hydrogens is 224 g/mol. The molecule has 0 aromatic rings. The van der Waals surface area contributed by atoms with Crippen LogP contribution in [0.2, 0.25) is 0 Å². The molecule has 1 aliphatic carbocycles. The van der Waals surface area contributed by atoms with Gasteiger partial charge in [0, 0.05) is 32.3 Å². The number of hydrogen-bond acceptors (Lipinski definition) is 3. The largest absolute Gasteiger partial charge is 0.380 e. The number of hydrogen-bond donors (Lipinski definition) is 1. The molecule has 0 aromatic carbocycles. The highest BCUT2D eigenvalue weighted by Gasteiger charge is 2.34. The van der Waals surface area contributed by atoms with E-state index in [1.54, 1.807) is 0 Å². The van der Waals surface area contributed by atoms with Crippen LogP contribution in [0, 0.1) is 17.8 Å². The monoisotopic (exact) mass is 254 g/mol. The van der Waals surface area contributed by atoms with Crippen LogP contribution in [0.4, 0.5) is 0 Å². The van der Waals surface area contributed by atoms with Gasteiger partial charge in [0.1, 0.15) is 0 Å².